The minimum atomic E-state index is 0.235. The minimum Gasteiger partial charge on any atom is -0.383 e. The number of nitrogens with one attached hydrogen (secondary N) is 2. The molecule has 0 rings (SSSR count). The number of nitrogens with zero attached hydrogens (tertiary/aromatic N) is 1. The summed E-state index contributed by atoms with van der Waals surface area (Å²) >= 11 is 0. The van der Waals surface area contributed by atoms with Crippen LogP contribution in [0.5, 0.6) is 0 Å². The second-order valence-corrected chi connectivity index (χ2v) is 3.96. The fraction of sp³-hybridized carbons (Fsp3) is 0.917. The quantitative estimate of drug-likeness (QED) is 0.335. The van der Waals surface area contributed by atoms with Gasteiger partial charge in [-0.2, -0.15) is 0 Å². The van der Waals surface area contributed by atoms with Crippen molar-refractivity contribution in [3.63, 3.8) is 0 Å². The van der Waals surface area contributed by atoms with Crippen molar-refractivity contribution in [3.05, 3.63) is 0 Å². The highest BCUT2D eigenvalue weighted by Crippen LogP contribution is 1.85. The summed E-state index contributed by atoms with van der Waals surface area (Å²) < 4.78 is 15.3. The largest absolute Gasteiger partial charge is 0.383 e. The van der Waals surface area contributed by atoms with Crippen LogP contribution in [-0.2, 0) is 14.2 Å². The number of guanidine groups is 1. The maximum absolute atomic E-state index is 5.36. The van der Waals surface area contributed by atoms with Gasteiger partial charge in [0.05, 0.1) is 19.8 Å². The van der Waals surface area contributed by atoms with Gasteiger partial charge in [-0.05, 0) is 13.3 Å². The molecule has 0 spiro atoms. The molecule has 18 heavy (non-hydrogen) atoms. The van der Waals surface area contributed by atoms with Crippen LogP contribution < -0.4 is 10.6 Å². The summed E-state index contributed by atoms with van der Waals surface area (Å²) in [5, 5.41) is 6.45. The lowest BCUT2D eigenvalue weighted by molar-refractivity contribution is 0.0698. The predicted octanol–water partition coefficient (Wildman–Crippen LogP) is 0.239. The molecule has 0 bridgehead atoms. The van der Waals surface area contributed by atoms with Crippen LogP contribution >= 0.6 is 0 Å². The van der Waals surface area contributed by atoms with E-state index in [1.54, 1.807) is 21.3 Å². The van der Waals surface area contributed by atoms with Crippen molar-refractivity contribution in [2.45, 2.75) is 19.4 Å². The molecule has 0 saturated heterocycles. The molecule has 0 amide bonds. The molecule has 0 aliphatic rings. The molecule has 1 unspecified atom stereocenters. The van der Waals surface area contributed by atoms with Gasteiger partial charge in [0.25, 0.3) is 0 Å². The molecule has 0 aliphatic carbocycles. The molecule has 0 saturated carbocycles. The van der Waals surface area contributed by atoms with Crippen molar-refractivity contribution >= 4 is 5.96 Å². The van der Waals surface area contributed by atoms with Crippen molar-refractivity contribution in [1.82, 2.24) is 10.6 Å². The van der Waals surface area contributed by atoms with Crippen LogP contribution in [0.2, 0.25) is 0 Å². The average Bonchev–Trinajstić information content (AvgIpc) is 2.36. The zero-order chi connectivity index (χ0) is 13.6. The monoisotopic (exact) mass is 261 g/mol. The molecule has 6 nitrogen and oxygen atoms in total. The Hall–Kier alpha value is -0.850. The number of aliphatic imine (C=N–C) groups is 1. The Bertz CT molecular complexity index is 213. The Balaban J connectivity index is 3.51. The van der Waals surface area contributed by atoms with E-state index in [1.807, 2.05) is 6.92 Å². The molecule has 0 radical (unpaired) electrons. The SMILES string of the molecule is CN=C(NCCCOCCOC)NC(C)COC. The second kappa shape index (κ2) is 12.6. The Kier molecular flexibility index (Phi) is 12.0. The van der Waals surface area contributed by atoms with E-state index < -0.39 is 0 Å². The van der Waals surface area contributed by atoms with Crippen molar-refractivity contribution < 1.29 is 14.2 Å². The van der Waals surface area contributed by atoms with Gasteiger partial charge in [0, 0.05) is 40.5 Å². The van der Waals surface area contributed by atoms with E-state index in [4.69, 9.17) is 14.2 Å². The Labute approximate surface area is 110 Å². The van der Waals surface area contributed by atoms with E-state index in [9.17, 15) is 0 Å². The first-order chi connectivity index (χ1) is 8.74. The number of hydrogen-bond acceptors (Lipinski definition) is 4. The highest BCUT2D eigenvalue weighted by atomic mass is 16.5. The third-order valence-electron chi connectivity index (χ3n) is 2.21. The zero-order valence-corrected chi connectivity index (χ0v) is 12.0. The molecule has 1 atom stereocenters. The maximum atomic E-state index is 5.36. The van der Waals surface area contributed by atoms with Crippen LogP contribution in [0.15, 0.2) is 4.99 Å². The van der Waals surface area contributed by atoms with Crippen molar-refractivity contribution in [2.24, 2.45) is 4.99 Å². The molecule has 0 aromatic heterocycles. The van der Waals surface area contributed by atoms with Gasteiger partial charge in [-0.3, -0.25) is 4.99 Å². The number of methoxy groups -OCH3 is 2. The average molecular weight is 261 g/mol. The van der Waals surface area contributed by atoms with E-state index >= 15 is 0 Å². The van der Waals surface area contributed by atoms with Gasteiger partial charge in [-0.1, -0.05) is 0 Å². The summed E-state index contributed by atoms with van der Waals surface area (Å²) in [5.41, 5.74) is 0. The van der Waals surface area contributed by atoms with Crippen LogP contribution in [0.4, 0.5) is 0 Å². The topological polar surface area (TPSA) is 64.1 Å². The van der Waals surface area contributed by atoms with E-state index in [2.05, 4.69) is 15.6 Å². The van der Waals surface area contributed by atoms with Gasteiger partial charge >= 0.3 is 0 Å². The number of rotatable bonds is 10. The van der Waals surface area contributed by atoms with E-state index in [1.165, 1.54) is 0 Å². The lowest BCUT2D eigenvalue weighted by atomic mass is 10.4. The first-order valence-corrected chi connectivity index (χ1v) is 6.27. The molecule has 0 aromatic rings. The van der Waals surface area contributed by atoms with E-state index in [-0.39, 0.29) is 6.04 Å². The fourth-order valence-corrected chi connectivity index (χ4v) is 1.35. The van der Waals surface area contributed by atoms with Crippen molar-refractivity contribution in [3.8, 4) is 0 Å². The van der Waals surface area contributed by atoms with Gasteiger partial charge in [-0.15, -0.1) is 0 Å². The summed E-state index contributed by atoms with van der Waals surface area (Å²) in [4.78, 5) is 4.14. The first kappa shape index (κ1) is 17.2. The van der Waals surface area contributed by atoms with Gasteiger partial charge in [0.15, 0.2) is 5.96 Å². The minimum absolute atomic E-state index is 0.235. The normalized spacial score (nSPS) is 13.4. The van der Waals surface area contributed by atoms with E-state index in [0.717, 1.165) is 25.5 Å². The van der Waals surface area contributed by atoms with Crippen LogP contribution in [-0.4, -0.2) is 66.2 Å². The summed E-state index contributed by atoms with van der Waals surface area (Å²) in [7, 11) is 5.11. The maximum Gasteiger partial charge on any atom is 0.191 e. The lowest BCUT2D eigenvalue weighted by Gasteiger charge is -2.17. The van der Waals surface area contributed by atoms with Crippen LogP contribution in [0.3, 0.4) is 0 Å². The molecular formula is C12H27N3O3. The molecular weight excluding hydrogens is 234 g/mol. The molecule has 2 N–H and O–H groups in total. The van der Waals surface area contributed by atoms with Gasteiger partial charge < -0.3 is 24.8 Å². The van der Waals surface area contributed by atoms with Gasteiger partial charge in [0.2, 0.25) is 0 Å². The molecule has 0 aromatic carbocycles. The van der Waals surface area contributed by atoms with Crippen LogP contribution in [0.25, 0.3) is 0 Å². The fourth-order valence-electron chi connectivity index (χ4n) is 1.35. The van der Waals surface area contributed by atoms with Crippen molar-refractivity contribution in [1.29, 1.82) is 0 Å². The highest BCUT2D eigenvalue weighted by molar-refractivity contribution is 5.79. The molecule has 0 fully saturated rings. The van der Waals surface area contributed by atoms with Gasteiger partial charge in [0.1, 0.15) is 0 Å². The number of hydrogen-bond donors (Lipinski definition) is 2. The number of ether oxygens (including phenoxy) is 3. The zero-order valence-electron chi connectivity index (χ0n) is 12.0. The molecule has 0 heterocycles. The Morgan fingerprint density at radius 3 is 2.56 bits per heavy atom. The second-order valence-electron chi connectivity index (χ2n) is 3.96. The third kappa shape index (κ3) is 10.3. The molecule has 0 aliphatic heterocycles. The van der Waals surface area contributed by atoms with Crippen molar-refractivity contribution in [2.75, 3.05) is 54.2 Å². The Morgan fingerprint density at radius 1 is 1.17 bits per heavy atom. The highest BCUT2D eigenvalue weighted by Gasteiger charge is 2.03. The Morgan fingerprint density at radius 2 is 1.94 bits per heavy atom. The van der Waals surface area contributed by atoms with Crippen LogP contribution in [0, 0.1) is 0 Å². The smallest absolute Gasteiger partial charge is 0.191 e. The van der Waals surface area contributed by atoms with Gasteiger partial charge in [-0.25, -0.2) is 0 Å². The third-order valence-corrected chi connectivity index (χ3v) is 2.21. The summed E-state index contributed by atoms with van der Waals surface area (Å²) in [6, 6.07) is 0.235. The standard InChI is InChI=1S/C12H27N3O3/c1-11(10-17-4)15-12(13-2)14-6-5-7-18-9-8-16-3/h11H,5-10H2,1-4H3,(H2,13,14,15). The molecule has 6 heteroatoms. The van der Waals surface area contributed by atoms with Crippen LogP contribution in [0.1, 0.15) is 13.3 Å². The molecule has 108 valence electrons. The summed E-state index contributed by atoms with van der Waals surface area (Å²) in [6.45, 7) is 5.54. The summed E-state index contributed by atoms with van der Waals surface area (Å²) in [6.07, 6.45) is 0.934. The summed E-state index contributed by atoms with van der Waals surface area (Å²) in [5.74, 6) is 0.788. The van der Waals surface area contributed by atoms with E-state index in [0.29, 0.717) is 19.8 Å². The lowest BCUT2D eigenvalue weighted by Crippen LogP contribution is -2.44. The first-order valence-electron chi connectivity index (χ1n) is 6.27. The predicted molar refractivity (Wildman–Crippen MR) is 73.1 cm³/mol.